The van der Waals surface area contributed by atoms with Crippen molar-refractivity contribution in [1.29, 1.82) is 0 Å². The average molecular weight is 321 g/mol. The molecule has 2 aromatic rings. The summed E-state index contributed by atoms with van der Waals surface area (Å²) in [6.07, 6.45) is 2.86. The van der Waals surface area contributed by atoms with Crippen LogP contribution in [0.4, 0.5) is 0 Å². The largest absolute Gasteiger partial charge is 0.370 e. The summed E-state index contributed by atoms with van der Waals surface area (Å²) in [5.41, 5.74) is 1.02. The van der Waals surface area contributed by atoms with Gasteiger partial charge in [0.25, 0.3) is 0 Å². The molecule has 0 spiro atoms. The van der Waals surface area contributed by atoms with Crippen molar-refractivity contribution >= 4 is 17.5 Å². The minimum atomic E-state index is -0.369. The van der Waals surface area contributed by atoms with Crippen LogP contribution < -0.4 is 0 Å². The highest BCUT2D eigenvalue weighted by Gasteiger charge is 2.29. The number of amides is 1. The average Bonchev–Trinajstić information content (AvgIpc) is 3.09. The van der Waals surface area contributed by atoms with Crippen LogP contribution in [0.3, 0.4) is 0 Å². The Morgan fingerprint density at radius 1 is 1.41 bits per heavy atom. The summed E-state index contributed by atoms with van der Waals surface area (Å²) in [5.74, 6) is 0.0211. The molecule has 1 aromatic carbocycles. The van der Waals surface area contributed by atoms with Crippen molar-refractivity contribution in [3.05, 3.63) is 47.5 Å². The number of ether oxygens (including phenoxy) is 1. The van der Waals surface area contributed by atoms with E-state index >= 15 is 0 Å². The number of rotatable bonds is 3. The first-order valence-electron chi connectivity index (χ1n) is 7.15. The summed E-state index contributed by atoms with van der Waals surface area (Å²) in [4.78, 5) is 18.3. The molecule has 0 radical (unpaired) electrons. The summed E-state index contributed by atoms with van der Waals surface area (Å²) in [5, 5.41) is 4.72. The molecule has 1 fully saturated rings. The van der Waals surface area contributed by atoms with Crippen LogP contribution in [0.25, 0.3) is 0 Å². The van der Waals surface area contributed by atoms with E-state index in [1.807, 2.05) is 36.1 Å². The lowest BCUT2D eigenvalue weighted by atomic mass is 10.1. The summed E-state index contributed by atoms with van der Waals surface area (Å²) in [6.45, 7) is 3.45. The maximum atomic E-state index is 12.6. The molecule has 1 aliphatic heterocycles. The van der Waals surface area contributed by atoms with Crippen molar-refractivity contribution in [3.8, 4) is 0 Å². The molecule has 0 aliphatic carbocycles. The van der Waals surface area contributed by atoms with Crippen LogP contribution in [0.1, 0.15) is 24.6 Å². The van der Waals surface area contributed by atoms with Crippen molar-refractivity contribution in [3.63, 3.8) is 0 Å². The minimum Gasteiger partial charge on any atom is -0.370 e. The third-order valence-electron chi connectivity index (χ3n) is 3.81. The Bertz CT molecular complexity index is 630. The van der Waals surface area contributed by atoms with Crippen LogP contribution in [0.2, 0.25) is 5.02 Å². The highest BCUT2D eigenvalue weighted by molar-refractivity contribution is 6.30. The monoisotopic (exact) mass is 320 g/mol. The van der Waals surface area contributed by atoms with E-state index in [1.54, 1.807) is 11.0 Å². The van der Waals surface area contributed by atoms with Crippen LogP contribution in [-0.4, -0.2) is 45.3 Å². The van der Waals surface area contributed by atoms with E-state index in [-0.39, 0.29) is 18.1 Å². The van der Waals surface area contributed by atoms with Gasteiger partial charge in [-0.3, -0.25) is 4.79 Å². The predicted molar refractivity (Wildman–Crippen MR) is 81.5 cm³/mol. The Kier molecular flexibility index (Phi) is 4.40. The van der Waals surface area contributed by atoms with Crippen molar-refractivity contribution < 1.29 is 9.53 Å². The van der Waals surface area contributed by atoms with Gasteiger partial charge in [-0.2, -0.15) is 5.10 Å². The molecule has 6 nitrogen and oxygen atoms in total. The molecule has 2 unspecified atom stereocenters. The number of aromatic nitrogens is 3. The van der Waals surface area contributed by atoms with Crippen LogP contribution >= 0.6 is 11.6 Å². The second kappa shape index (κ2) is 6.46. The molecule has 1 aliphatic rings. The van der Waals surface area contributed by atoms with Gasteiger partial charge in [0.2, 0.25) is 5.91 Å². The van der Waals surface area contributed by atoms with Gasteiger partial charge in [0.05, 0.1) is 13.2 Å². The molecule has 116 valence electrons. The number of hydrogen-bond acceptors (Lipinski definition) is 4. The van der Waals surface area contributed by atoms with Gasteiger partial charge in [-0.15, -0.1) is 0 Å². The Morgan fingerprint density at radius 2 is 2.18 bits per heavy atom. The fourth-order valence-corrected chi connectivity index (χ4v) is 2.65. The molecule has 7 heteroatoms. The van der Waals surface area contributed by atoms with E-state index in [1.165, 1.54) is 6.33 Å². The molecular formula is C15H17ClN4O2. The highest BCUT2D eigenvalue weighted by Crippen LogP contribution is 2.25. The number of carbonyl (C=O) groups excluding carboxylic acids is 1. The molecule has 1 saturated heterocycles. The number of nitrogens with zero attached hydrogens (tertiary/aromatic N) is 4. The second-order valence-corrected chi connectivity index (χ2v) is 5.68. The zero-order valence-corrected chi connectivity index (χ0v) is 13.0. The maximum Gasteiger partial charge on any atom is 0.247 e. The number of halogens is 1. The summed E-state index contributed by atoms with van der Waals surface area (Å²) in [7, 11) is 0. The van der Waals surface area contributed by atoms with Gasteiger partial charge in [-0.1, -0.05) is 23.7 Å². The van der Waals surface area contributed by atoms with Crippen LogP contribution in [-0.2, 0) is 9.53 Å². The normalized spacial score (nSPS) is 19.9. The van der Waals surface area contributed by atoms with Crippen LogP contribution in [0.15, 0.2) is 36.9 Å². The second-order valence-electron chi connectivity index (χ2n) is 5.25. The maximum absolute atomic E-state index is 12.6. The zero-order valence-electron chi connectivity index (χ0n) is 12.2. The predicted octanol–water partition coefficient (Wildman–Crippen LogP) is 2.09. The van der Waals surface area contributed by atoms with Crippen LogP contribution in [0, 0.1) is 0 Å². The first-order valence-corrected chi connectivity index (χ1v) is 7.53. The fraction of sp³-hybridized carbons (Fsp3) is 0.400. The smallest absolute Gasteiger partial charge is 0.247 e. The zero-order chi connectivity index (χ0) is 15.5. The van der Waals surface area contributed by atoms with E-state index in [2.05, 4.69) is 10.1 Å². The quantitative estimate of drug-likeness (QED) is 0.869. The van der Waals surface area contributed by atoms with Gasteiger partial charge < -0.3 is 9.64 Å². The van der Waals surface area contributed by atoms with Gasteiger partial charge >= 0.3 is 0 Å². The molecule has 0 saturated carbocycles. The molecule has 2 heterocycles. The molecule has 2 atom stereocenters. The molecule has 1 amide bonds. The fourth-order valence-electron chi connectivity index (χ4n) is 2.52. The lowest BCUT2D eigenvalue weighted by Crippen LogP contribution is -2.45. The first-order chi connectivity index (χ1) is 10.6. The summed E-state index contributed by atoms with van der Waals surface area (Å²) < 4.78 is 7.35. The van der Waals surface area contributed by atoms with Gasteiger partial charge in [0.1, 0.15) is 24.8 Å². The topological polar surface area (TPSA) is 60.2 Å². The summed E-state index contributed by atoms with van der Waals surface area (Å²) in [6, 6.07) is 7.16. The van der Waals surface area contributed by atoms with Gasteiger partial charge in [0.15, 0.2) is 0 Å². The van der Waals surface area contributed by atoms with Crippen molar-refractivity contribution in [2.24, 2.45) is 0 Å². The van der Waals surface area contributed by atoms with Gasteiger partial charge in [0, 0.05) is 11.6 Å². The third kappa shape index (κ3) is 3.13. The SMILES string of the molecule is CC(C(=O)N1CCOC(c2ccc(Cl)cc2)C1)n1cncn1. The van der Waals surface area contributed by atoms with Gasteiger partial charge in [-0.25, -0.2) is 9.67 Å². The number of benzene rings is 1. The number of morpholine rings is 1. The van der Waals surface area contributed by atoms with E-state index < -0.39 is 0 Å². The molecule has 0 N–H and O–H groups in total. The van der Waals surface area contributed by atoms with E-state index in [0.717, 1.165) is 5.56 Å². The molecular weight excluding hydrogens is 304 g/mol. The number of carbonyl (C=O) groups is 1. The van der Waals surface area contributed by atoms with Crippen molar-refractivity contribution in [2.75, 3.05) is 19.7 Å². The van der Waals surface area contributed by atoms with Crippen LogP contribution in [0.5, 0.6) is 0 Å². The highest BCUT2D eigenvalue weighted by atomic mass is 35.5. The standard InChI is InChI=1S/C15H17ClN4O2/c1-11(20-10-17-9-18-20)15(21)19-6-7-22-14(8-19)12-2-4-13(16)5-3-12/h2-5,9-11,14H,6-8H2,1H3. The van der Waals surface area contributed by atoms with Crippen molar-refractivity contribution in [2.45, 2.75) is 19.1 Å². The Morgan fingerprint density at radius 3 is 2.86 bits per heavy atom. The summed E-state index contributed by atoms with van der Waals surface area (Å²) >= 11 is 5.91. The Hall–Kier alpha value is -1.92. The van der Waals surface area contributed by atoms with Gasteiger partial charge in [-0.05, 0) is 24.6 Å². The van der Waals surface area contributed by atoms with E-state index in [0.29, 0.717) is 24.7 Å². The Balaban J connectivity index is 1.70. The number of hydrogen-bond donors (Lipinski definition) is 0. The molecule has 22 heavy (non-hydrogen) atoms. The van der Waals surface area contributed by atoms with E-state index in [9.17, 15) is 4.79 Å². The molecule has 1 aromatic heterocycles. The first kappa shape index (κ1) is 15.0. The molecule has 0 bridgehead atoms. The lowest BCUT2D eigenvalue weighted by molar-refractivity contribution is -0.142. The Labute approximate surface area is 133 Å². The lowest BCUT2D eigenvalue weighted by Gasteiger charge is -2.34. The van der Waals surface area contributed by atoms with E-state index in [4.69, 9.17) is 16.3 Å². The minimum absolute atomic E-state index is 0.0211. The van der Waals surface area contributed by atoms with Crippen molar-refractivity contribution in [1.82, 2.24) is 19.7 Å². The third-order valence-corrected chi connectivity index (χ3v) is 4.06. The molecule has 3 rings (SSSR count).